The van der Waals surface area contributed by atoms with Crippen LogP contribution in [0.2, 0.25) is 0 Å². The first kappa shape index (κ1) is 13.2. The maximum Gasteiger partial charge on any atom is 0.326 e. The second-order valence-electron chi connectivity index (χ2n) is 3.63. The number of aliphatic carboxylic acids is 1. The van der Waals surface area contributed by atoms with Gasteiger partial charge in [-0.05, 0) is 0 Å². The number of esters is 1. The van der Waals surface area contributed by atoms with Gasteiger partial charge in [-0.25, -0.2) is 9.59 Å². The highest BCUT2D eigenvalue weighted by Crippen LogP contribution is 2.17. The zero-order valence-corrected chi connectivity index (χ0v) is 9.25. The van der Waals surface area contributed by atoms with E-state index in [-0.39, 0.29) is 19.5 Å². The lowest BCUT2D eigenvalue weighted by Gasteiger charge is -2.21. The zero-order valence-electron chi connectivity index (χ0n) is 9.25. The highest BCUT2D eigenvalue weighted by atomic mass is 16.5. The van der Waals surface area contributed by atoms with E-state index in [1.165, 1.54) is 7.11 Å². The average molecular weight is 246 g/mol. The molecule has 1 aliphatic rings. The lowest BCUT2D eigenvalue weighted by atomic mass is 10.2. The van der Waals surface area contributed by atoms with Crippen molar-refractivity contribution in [2.75, 3.05) is 20.2 Å². The molecule has 8 nitrogen and oxygen atoms in total. The Labute approximate surface area is 97.1 Å². The summed E-state index contributed by atoms with van der Waals surface area (Å²) in [6.07, 6.45) is -0.874. The molecule has 1 aliphatic heterocycles. The van der Waals surface area contributed by atoms with Crippen LogP contribution >= 0.6 is 0 Å². The number of hydrogen-bond acceptors (Lipinski definition) is 5. The largest absolute Gasteiger partial charge is 0.480 e. The van der Waals surface area contributed by atoms with E-state index >= 15 is 0 Å². The molecule has 1 unspecified atom stereocenters. The van der Waals surface area contributed by atoms with Crippen LogP contribution in [-0.4, -0.2) is 65.4 Å². The van der Waals surface area contributed by atoms with E-state index in [9.17, 15) is 19.5 Å². The molecule has 17 heavy (non-hydrogen) atoms. The van der Waals surface area contributed by atoms with Crippen molar-refractivity contribution in [3.8, 4) is 0 Å². The molecular weight excluding hydrogens is 232 g/mol. The fraction of sp³-hybridized carbons (Fsp3) is 0.667. The number of aliphatic hydroxyl groups is 1. The van der Waals surface area contributed by atoms with Gasteiger partial charge < -0.3 is 25.2 Å². The molecule has 0 aliphatic carbocycles. The topological polar surface area (TPSA) is 116 Å². The number of ether oxygens (including phenoxy) is 1. The Morgan fingerprint density at radius 2 is 2.12 bits per heavy atom. The molecule has 2 atom stereocenters. The summed E-state index contributed by atoms with van der Waals surface area (Å²) in [6.45, 7) is -0.405. The maximum absolute atomic E-state index is 11.6. The number of carbonyl (C=O) groups is 3. The van der Waals surface area contributed by atoms with Gasteiger partial charge in [-0.15, -0.1) is 0 Å². The molecule has 96 valence electrons. The van der Waals surface area contributed by atoms with Crippen LogP contribution in [0.5, 0.6) is 0 Å². The number of carboxylic acid groups (broad SMARTS) is 1. The van der Waals surface area contributed by atoms with E-state index in [2.05, 4.69) is 10.1 Å². The standard InChI is InChI=1S/C9H14N2O6/c1-17-7(13)3-10-9(16)11-4-5(12)2-6(11)8(14)15/h5-6,12H,2-4H2,1H3,(H,10,16)(H,14,15)/t5?,6-/m0/s1. The number of rotatable bonds is 3. The number of nitrogens with zero attached hydrogens (tertiary/aromatic N) is 1. The van der Waals surface area contributed by atoms with E-state index in [4.69, 9.17) is 5.11 Å². The molecule has 0 aromatic heterocycles. The van der Waals surface area contributed by atoms with Gasteiger partial charge in [-0.2, -0.15) is 0 Å². The predicted molar refractivity (Wildman–Crippen MR) is 54.2 cm³/mol. The molecular formula is C9H14N2O6. The van der Waals surface area contributed by atoms with Gasteiger partial charge >= 0.3 is 18.0 Å². The molecule has 0 aromatic rings. The van der Waals surface area contributed by atoms with Gasteiger partial charge in [0.25, 0.3) is 0 Å². The second kappa shape index (κ2) is 5.48. The van der Waals surface area contributed by atoms with Crippen molar-refractivity contribution in [1.29, 1.82) is 0 Å². The van der Waals surface area contributed by atoms with Crippen molar-refractivity contribution in [3.63, 3.8) is 0 Å². The van der Waals surface area contributed by atoms with E-state index in [0.29, 0.717) is 0 Å². The van der Waals surface area contributed by atoms with Crippen LogP contribution in [0.25, 0.3) is 0 Å². The first-order valence-electron chi connectivity index (χ1n) is 4.98. The first-order chi connectivity index (χ1) is 7.95. The van der Waals surface area contributed by atoms with Gasteiger partial charge in [-0.1, -0.05) is 0 Å². The smallest absolute Gasteiger partial charge is 0.326 e. The number of methoxy groups -OCH3 is 1. The minimum Gasteiger partial charge on any atom is -0.480 e. The summed E-state index contributed by atoms with van der Waals surface area (Å²) in [7, 11) is 1.17. The fourth-order valence-corrected chi connectivity index (χ4v) is 1.59. The summed E-state index contributed by atoms with van der Waals surface area (Å²) in [4.78, 5) is 34.2. The number of carboxylic acids is 1. The number of hydrogen-bond donors (Lipinski definition) is 3. The van der Waals surface area contributed by atoms with Crippen LogP contribution in [0.15, 0.2) is 0 Å². The van der Waals surface area contributed by atoms with Gasteiger partial charge in [0, 0.05) is 13.0 Å². The molecule has 1 saturated heterocycles. The number of urea groups is 1. The molecule has 0 bridgehead atoms. The lowest BCUT2D eigenvalue weighted by molar-refractivity contribution is -0.141. The third-order valence-electron chi connectivity index (χ3n) is 2.44. The Morgan fingerprint density at radius 3 is 2.65 bits per heavy atom. The normalized spacial score (nSPS) is 23.3. The lowest BCUT2D eigenvalue weighted by Crippen LogP contribution is -2.47. The van der Waals surface area contributed by atoms with E-state index in [1.807, 2.05) is 0 Å². The Morgan fingerprint density at radius 1 is 1.47 bits per heavy atom. The number of amides is 2. The molecule has 1 rings (SSSR count). The molecule has 1 fully saturated rings. The van der Waals surface area contributed by atoms with Crippen molar-refractivity contribution in [2.24, 2.45) is 0 Å². The molecule has 0 saturated carbocycles. The summed E-state index contributed by atoms with van der Waals surface area (Å²) in [5.41, 5.74) is 0. The first-order valence-corrected chi connectivity index (χ1v) is 4.98. The molecule has 0 aromatic carbocycles. The van der Waals surface area contributed by atoms with Crippen LogP contribution in [0, 0.1) is 0 Å². The number of nitrogens with one attached hydrogen (secondary N) is 1. The van der Waals surface area contributed by atoms with Crippen LogP contribution in [0.1, 0.15) is 6.42 Å². The second-order valence-corrected chi connectivity index (χ2v) is 3.63. The SMILES string of the molecule is COC(=O)CNC(=O)N1CC(O)C[C@H]1C(=O)O. The Balaban J connectivity index is 2.55. The monoisotopic (exact) mass is 246 g/mol. The Hall–Kier alpha value is -1.83. The molecule has 1 heterocycles. The summed E-state index contributed by atoms with van der Waals surface area (Å²) in [5.74, 6) is -1.82. The van der Waals surface area contributed by atoms with E-state index < -0.39 is 30.1 Å². The quantitative estimate of drug-likeness (QED) is 0.516. The maximum atomic E-state index is 11.6. The Bertz CT molecular complexity index is 331. The van der Waals surface area contributed by atoms with Gasteiger partial charge in [0.2, 0.25) is 0 Å². The van der Waals surface area contributed by atoms with Crippen LogP contribution < -0.4 is 5.32 Å². The number of carbonyl (C=O) groups excluding carboxylic acids is 2. The minimum atomic E-state index is -1.19. The fourth-order valence-electron chi connectivity index (χ4n) is 1.59. The Kier molecular flexibility index (Phi) is 4.27. The van der Waals surface area contributed by atoms with Crippen molar-refractivity contribution in [3.05, 3.63) is 0 Å². The molecule has 0 spiro atoms. The summed E-state index contributed by atoms with van der Waals surface area (Å²) < 4.78 is 4.32. The predicted octanol–water partition coefficient (Wildman–Crippen LogP) is -1.61. The van der Waals surface area contributed by atoms with Crippen molar-refractivity contribution in [2.45, 2.75) is 18.6 Å². The van der Waals surface area contributed by atoms with Crippen LogP contribution in [-0.2, 0) is 14.3 Å². The zero-order chi connectivity index (χ0) is 13.0. The highest BCUT2D eigenvalue weighted by molar-refractivity contribution is 5.85. The van der Waals surface area contributed by atoms with Gasteiger partial charge in [0.15, 0.2) is 0 Å². The average Bonchev–Trinajstić information content (AvgIpc) is 2.67. The van der Waals surface area contributed by atoms with E-state index in [1.54, 1.807) is 0 Å². The van der Waals surface area contributed by atoms with Gasteiger partial charge in [-0.3, -0.25) is 4.79 Å². The molecule has 8 heteroatoms. The molecule has 0 radical (unpaired) electrons. The summed E-state index contributed by atoms with van der Waals surface area (Å²) in [6, 6.07) is -1.78. The minimum absolute atomic E-state index is 0.0129. The van der Waals surface area contributed by atoms with Gasteiger partial charge in [0.1, 0.15) is 12.6 Å². The van der Waals surface area contributed by atoms with Crippen LogP contribution in [0.4, 0.5) is 4.79 Å². The molecule has 2 amide bonds. The van der Waals surface area contributed by atoms with E-state index in [0.717, 1.165) is 4.90 Å². The van der Waals surface area contributed by atoms with Gasteiger partial charge in [0.05, 0.1) is 13.2 Å². The van der Waals surface area contributed by atoms with Crippen LogP contribution in [0.3, 0.4) is 0 Å². The highest BCUT2D eigenvalue weighted by Gasteiger charge is 2.38. The molecule has 3 N–H and O–H groups in total. The third kappa shape index (κ3) is 3.31. The summed E-state index contributed by atoms with van der Waals surface area (Å²) >= 11 is 0. The number of β-amino-alcohol motifs (C(OH)–C–C–N with tert-alkyl or cyclic N) is 1. The van der Waals surface area contributed by atoms with Crippen molar-refractivity contribution < 1.29 is 29.3 Å². The van der Waals surface area contributed by atoms with Crippen molar-refractivity contribution in [1.82, 2.24) is 10.2 Å². The number of likely N-dealkylation sites (tertiary alicyclic amines) is 1. The van der Waals surface area contributed by atoms with Crippen molar-refractivity contribution >= 4 is 18.0 Å². The summed E-state index contributed by atoms with van der Waals surface area (Å²) in [5, 5.41) is 20.4. The third-order valence-corrected chi connectivity index (χ3v) is 2.44. The number of aliphatic hydroxyl groups excluding tert-OH is 1.